The molecule has 1 fully saturated rings. The number of rotatable bonds is 5. The van der Waals surface area contributed by atoms with Crippen LogP contribution in [0.5, 0.6) is 0 Å². The van der Waals surface area contributed by atoms with Crippen LogP contribution >= 0.6 is 0 Å². The van der Waals surface area contributed by atoms with Gasteiger partial charge in [0.25, 0.3) is 0 Å². The van der Waals surface area contributed by atoms with Crippen molar-refractivity contribution in [1.29, 1.82) is 5.26 Å². The Hall–Kier alpha value is -1.16. The third-order valence-electron chi connectivity index (χ3n) is 3.92. The van der Waals surface area contributed by atoms with Crippen LogP contribution in [0.3, 0.4) is 0 Å². The summed E-state index contributed by atoms with van der Waals surface area (Å²) in [6.45, 7) is 9.71. The standard InChI is InChI=1S/C14H26N4O2/c1-10(2)14(4,9-15)17-13(19)8-18-5-6-20-12(7-18)11(3)16/h10-12H,5-8,16H2,1-4H3,(H,17,19). The lowest BCUT2D eigenvalue weighted by molar-refractivity contribution is -0.126. The maximum absolute atomic E-state index is 12.1. The number of carbonyl (C=O) groups is 1. The van der Waals surface area contributed by atoms with Crippen LogP contribution in [-0.2, 0) is 9.53 Å². The number of nitriles is 1. The molecule has 6 heteroatoms. The minimum absolute atomic E-state index is 0.0380. The molecule has 1 heterocycles. The highest BCUT2D eigenvalue weighted by Gasteiger charge is 2.31. The number of nitrogens with zero attached hydrogens (tertiary/aromatic N) is 2. The number of amides is 1. The normalized spacial score (nSPS) is 24.8. The Morgan fingerprint density at radius 2 is 2.25 bits per heavy atom. The Morgan fingerprint density at radius 1 is 1.60 bits per heavy atom. The van der Waals surface area contributed by atoms with Crippen LogP contribution in [0, 0.1) is 17.2 Å². The minimum Gasteiger partial charge on any atom is -0.374 e. The molecule has 0 spiro atoms. The van der Waals surface area contributed by atoms with Crippen LogP contribution in [-0.4, -0.2) is 54.7 Å². The number of ether oxygens (including phenoxy) is 1. The molecule has 20 heavy (non-hydrogen) atoms. The Balaban J connectivity index is 2.52. The Bertz CT molecular complexity index is 378. The van der Waals surface area contributed by atoms with Gasteiger partial charge in [0.05, 0.1) is 25.3 Å². The van der Waals surface area contributed by atoms with Crippen LogP contribution in [0.1, 0.15) is 27.7 Å². The highest BCUT2D eigenvalue weighted by atomic mass is 16.5. The van der Waals surface area contributed by atoms with Gasteiger partial charge in [-0.1, -0.05) is 13.8 Å². The Morgan fingerprint density at radius 3 is 2.75 bits per heavy atom. The first-order chi connectivity index (χ1) is 9.28. The lowest BCUT2D eigenvalue weighted by Gasteiger charge is -2.35. The summed E-state index contributed by atoms with van der Waals surface area (Å²) in [6.07, 6.45) is -0.0380. The molecule has 3 unspecified atom stereocenters. The van der Waals surface area contributed by atoms with Gasteiger partial charge in [-0.15, -0.1) is 0 Å². The van der Waals surface area contributed by atoms with E-state index in [1.807, 2.05) is 25.7 Å². The summed E-state index contributed by atoms with van der Waals surface area (Å²) in [4.78, 5) is 14.1. The fourth-order valence-electron chi connectivity index (χ4n) is 2.03. The maximum atomic E-state index is 12.1. The molecule has 114 valence electrons. The van der Waals surface area contributed by atoms with Gasteiger partial charge in [-0.25, -0.2) is 0 Å². The molecule has 1 amide bonds. The largest absolute Gasteiger partial charge is 0.374 e. The van der Waals surface area contributed by atoms with Crippen LogP contribution in [0.2, 0.25) is 0 Å². The van der Waals surface area contributed by atoms with Crippen molar-refractivity contribution in [2.24, 2.45) is 11.7 Å². The first kappa shape index (κ1) is 16.9. The van der Waals surface area contributed by atoms with Crippen molar-refractivity contribution in [3.63, 3.8) is 0 Å². The van der Waals surface area contributed by atoms with Crippen molar-refractivity contribution in [3.8, 4) is 6.07 Å². The average Bonchev–Trinajstić information content (AvgIpc) is 2.38. The van der Waals surface area contributed by atoms with Gasteiger partial charge in [0.2, 0.25) is 5.91 Å². The molecule has 1 aliphatic heterocycles. The topological polar surface area (TPSA) is 91.4 Å². The second-order valence-electron chi connectivity index (χ2n) is 6.02. The molecule has 1 aliphatic rings. The zero-order valence-electron chi connectivity index (χ0n) is 12.8. The summed E-state index contributed by atoms with van der Waals surface area (Å²) in [5.41, 5.74) is 5.00. The number of nitrogens with one attached hydrogen (secondary N) is 1. The van der Waals surface area contributed by atoms with Crippen molar-refractivity contribution in [1.82, 2.24) is 10.2 Å². The van der Waals surface area contributed by atoms with Crippen LogP contribution < -0.4 is 11.1 Å². The van der Waals surface area contributed by atoms with E-state index in [4.69, 9.17) is 10.5 Å². The number of hydrogen-bond acceptors (Lipinski definition) is 5. The van der Waals surface area contributed by atoms with Gasteiger partial charge in [-0.2, -0.15) is 5.26 Å². The molecule has 6 nitrogen and oxygen atoms in total. The summed E-state index contributed by atoms with van der Waals surface area (Å²) >= 11 is 0. The van der Waals surface area contributed by atoms with Crippen LogP contribution in [0.4, 0.5) is 0 Å². The van der Waals surface area contributed by atoms with E-state index in [2.05, 4.69) is 11.4 Å². The number of nitrogens with two attached hydrogens (primary N) is 1. The second kappa shape index (κ2) is 7.02. The smallest absolute Gasteiger partial charge is 0.235 e. The monoisotopic (exact) mass is 282 g/mol. The number of hydrogen-bond donors (Lipinski definition) is 2. The van der Waals surface area contributed by atoms with Crippen molar-refractivity contribution in [2.75, 3.05) is 26.2 Å². The molecule has 1 rings (SSSR count). The molecule has 1 saturated heterocycles. The quantitative estimate of drug-likeness (QED) is 0.745. The zero-order valence-corrected chi connectivity index (χ0v) is 12.8. The van der Waals surface area contributed by atoms with E-state index >= 15 is 0 Å². The van der Waals surface area contributed by atoms with Gasteiger partial charge in [0.15, 0.2) is 0 Å². The minimum atomic E-state index is -0.829. The molecular formula is C14H26N4O2. The zero-order chi connectivity index (χ0) is 15.3. The fourth-order valence-corrected chi connectivity index (χ4v) is 2.03. The van der Waals surface area contributed by atoms with Gasteiger partial charge < -0.3 is 15.8 Å². The van der Waals surface area contributed by atoms with E-state index in [-0.39, 0.29) is 30.5 Å². The van der Waals surface area contributed by atoms with Crippen molar-refractivity contribution in [2.45, 2.75) is 45.4 Å². The molecule has 0 aromatic carbocycles. The molecule has 0 aromatic rings. The van der Waals surface area contributed by atoms with E-state index in [9.17, 15) is 10.1 Å². The first-order valence-electron chi connectivity index (χ1n) is 7.10. The van der Waals surface area contributed by atoms with Crippen LogP contribution in [0.15, 0.2) is 0 Å². The lowest BCUT2D eigenvalue weighted by Crippen LogP contribution is -2.55. The first-order valence-corrected chi connectivity index (χ1v) is 7.10. The number of carbonyl (C=O) groups excluding carboxylic acids is 1. The van der Waals surface area contributed by atoms with E-state index in [1.54, 1.807) is 6.92 Å². The fraction of sp³-hybridized carbons (Fsp3) is 0.857. The summed E-state index contributed by atoms with van der Waals surface area (Å²) in [7, 11) is 0. The second-order valence-corrected chi connectivity index (χ2v) is 6.02. The van der Waals surface area contributed by atoms with E-state index in [0.717, 1.165) is 0 Å². The van der Waals surface area contributed by atoms with E-state index in [1.165, 1.54) is 0 Å². The molecule has 0 aliphatic carbocycles. The Labute approximate surface area is 121 Å². The molecule has 3 atom stereocenters. The molecule has 0 bridgehead atoms. The third kappa shape index (κ3) is 4.44. The Kier molecular flexibility index (Phi) is 5.93. The summed E-state index contributed by atoms with van der Waals surface area (Å²) < 4.78 is 5.56. The van der Waals surface area contributed by atoms with Crippen molar-refractivity contribution >= 4 is 5.91 Å². The maximum Gasteiger partial charge on any atom is 0.235 e. The molecule has 0 saturated carbocycles. The summed E-state index contributed by atoms with van der Waals surface area (Å²) in [5.74, 6) is -0.0778. The predicted octanol–water partition coefficient (Wildman–Crippen LogP) is 0.0889. The van der Waals surface area contributed by atoms with Gasteiger partial charge >= 0.3 is 0 Å². The van der Waals surface area contributed by atoms with Crippen molar-refractivity contribution in [3.05, 3.63) is 0 Å². The van der Waals surface area contributed by atoms with Gasteiger partial charge in [0, 0.05) is 19.1 Å². The average molecular weight is 282 g/mol. The lowest BCUT2D eigenvalue weighted by atomic mass is 9.90. The van der Waals surface area contributed by atoms with E-state index in [0.29, 0.717) is 19.7 Å². The highest BCUT2D eigenvalue weighted by molar-refractivity contribution is 5.79. The summed E-state index contributed by atoms with van der Waals surface area (Å²) in [5, 5.41) is 12.0. The van der Waals surface area contributed by atoms with Gasteiger partial charge in [-0.05, 0) is 19.8 Å². The highest BCUT2D eigenvalue weighted by Crippen LogP contribution is 2.15. The SMILES string of the molecule is CC(N)C1CN(CC(=O)NC(C)(C#N)C(C)C)CCO1. The van der Waals surface area contributed by atoms with Gasteiger partial charge in [-0.3, -0.25) is 9.69 Å². The third-order valence-corrected chi connectivity index (χ3v) is 3.92. The van der Waals surface area contributed by atoms with E-state index < -0.39 is 5.54 Å². The summed E-state index contributed by atoms with van der Waals surface area (Å²) in [6, 6.07) is 2.12. The van der Waals surface area contributed by atoms with Crippen LogP contribution in [0.25, 0.3) is 0 Å². The number of morpholine rings is 1. The van der Waals surface area contributed by atoms with Crippen molar-refractivity contribution < 1.29 is 9.53 Å². The molecule has 0 aromatic heterocycles. The molecule has 0 radical (unpaired) electrons. The van der Waals surface area contributed by atoms with Gasteiger partial charge in [0.1, 0.15) is 5.54 Å². The predicted molar refractivity (Wildman–Crippen MR) is 76.8 cm³/mol. The molecule has 3 N–H and O–H groups in total. The molecular weight excluding hydrogens is 256 g/mol.